The van der Waals surface area contributed by atoms with Crippen molar-refractivity contribution in [3.05, 3.63) is 101 Å². The van der Waals surface area contributed by atoms with Gasteiger partial charge in [-0.15, -0.1) is 0 Å². The number of para-hydroxylation sites is 1. The summed E-state index contributed by atoms with van der Waals surface area (Å²) in [5.41, 5.74) is 4.46. The maximum Gasteiger partial charge on any atom is 0.123 e. The molecule has 0 aliphatic heterocycles. The van der Waals surface area contributed by atoms with E-state index in [1.165, 1.54) is 17.7 Å². The van der Waals surface area contributed by atoms with Crippen LogP contribution in [0.3, 0.4) is 0 Å². The topological polar surface area (TPSA) is 12.0 Å². The van der Waals surface area contributed by atoms with E-state index in [1.54, 1.807) is 12.1 Å². The van der Waals surface area contributed by atoms with Gasteiger partial charge >= 0.3 is 0 Å². The smallest absolute Gasteiger partial charge is 0.123 e. The van der Waals surface area contributed by atoms with Crippen LogP contribution in [-0.2, 0) is 6.54 Å². The third-order valence-electron chi connectivity index (χ3n) is 3.64. The Bertz CT molecular complexity index is 776. The first-order valence-corrected chi connectivity index (χ1v) is 7.62. The lowest BCUT2D eigenvalue weighted by Crippen LogP contribution is -2.00. The van der Waals surface area contributed by atoms with Crippen molar-refractivity contribution in [1.82, 2.24) is 0 Å². The standard InChI is InChI=1S/C21H18FN/c22-20-14-11-17(12-15-20)10-13-18-6-4-5-7-19(18)16-23-21-8-2-1-3-9-21/h1-15,23H,16H2/b13-10+. The van der Waals surface area contributed by atoms with Gasteiger partial charge in [0.05, 0.1) is 0 Å². The maximum atomic E-state index is 12.9. The van der Waals surface area contributed by atoms with Crippen molar-refractivity contribution in [3.8, 4) is 0 Å². The summed E-state index contributed by atoms with van der Waals surface area (Å²) >= 11 is 0. The number of hydrogen-bond acceptors (Lipinski definition) is 1. The van der Waals surface area contributed by atoms with Crippen molar-refractivity contribution in [2.75, 3.05) is 5.32 Å². The molecule has 0 saturated heterocycles. The molecule has 0 radical (unpaired) electrons. The molecule has 0 saturated carbocycles. The predicted molar refractivity (Wildman–Crippen MR) is 95.5 cm³/mol. The van der Waals surface area contributed by atoms with E-state index in [4.69, 9.17) is 0 Å². The second kappa shape index (κ2) is 7.41. The monoisotopic (exact) mass is 303 g/mol. The summed E-state index contributed by atoms with van der Waals surface area (Å²) in [5.74, 6) is -0.213. The zero-order chi connectivity index (χ0) is 15.9. The lowest BCUT2D eigenvalue weighted by atomic mass is 10.1. The minimum atomic E-state index is -0.213. The van der Waals surface area contributed by atoms with Crippen LogP contribution in [0.25, 0.3) is 12.2 Å². The van der Waals surface area contributed by atoms with Crippen molar-refractivity contribution >= 4 is 17.8 Å². The number of hydrogen-bond donors (Lipinski definition) is 1. The first kappa shape index (κ1) is 15.0. The normalized spacial score (nSPS) is 10.8. The quantitative estimate of drug-likeness (QED) is 0.604. The molecule has 3 rings (SSSR count). The Morgan fingerprint density at radius 3 is 2.22 bits per heavy atom. The van der Waals surface area contributed by atoms with E-state index in [1.807, 2.05) is 36.4 Å². The molecule has 0 unspecified atom stereocenters. The predicted octanol–water partition coefficient (Wildman–Crippen LogP) is 5.61. The van der Waals surface area contributed by atoms with Crippen molar-refractivity contribution in [2.45, 2.75) is 6.54 Å². The average Bonchev–Trinajstić information content (AvgIpc) is 2.61. The Morgan fingerprint density at radius 1 is 0.739 bits per heavy atom. The molecular weight excluding hydrogens is 285 g/mol. The summed E-state index contributed by atoms with van der Waals surface area (Å²) < 4.78 is 12.9. The summed E-state index contributed by atoms with van der Waals surface area (Å²) in [7, 11) is 0. The molecule has 3 aromatic carbocycles. The van der Waals surface area contributed by atoms with E-state index < -0.39 is 0 Å². The van der Waals surface area contributed by atoms with Crippen LogP contribution in [-0.4, -0.2) is 0 Å². The number of benzene rings is 3. The van der Waals surface area contributed by atoms with E-state index in [2.05, 4.69) is 35.7 Å². The first-order valence-electron chi connectivity index (χ1n) is 7.62. The minimum absolute atomic E-state index is 0.213. The van der Waals surface area contributed by atoms with Crippen LogP contribution in [0.15, 0.2) is 78.9 Å². The van der Waals surface area contributed by atoms with Gasteiger partial charge in [0.2, 0.25) is 0 Å². The van der Waals surface area contributed by atoms with Crippen molar-refractivity contribution in [3.63, 3.8) is 0 Å². The van der Waals surface area contributed by atoms with Gasteiger partial charge in [0.25, 0.3) is 0 Å². The van der Waals surface area contributed by atoms with Gasteiger partial charge in [-0.05, 0) is 41.0 Å². The summed E-state index contributed by atoms with van der Waals surface area (Å²) in [6, 6.07) is 24.9. The molecule has 0 spiro atoms. The van der Waals surface area contributed by atoms with Gasteiger partial charge in [0.15, 0.2) is 0 Å². The summed E-state index contributed by atoms with van der Waals surface area (Å²) in [6.45, 7) is 0.758. The molecule has 114 valence electrons. The van der Waals surface area contributed by atoms with Crippen LogP contribution in [0.1, 0.15) is 16.7 Å². The highest BCUT2D eigenvalue weighted by atomic mass is 19.1. The molecule has 0 heterocycles. The zero-order valence-corrected chi connectivity index (χ0v) is 12.7. The molecule has 0 bridgehead atoms. The summed E-state index contributed by atoms with van der Waals surface area (Å²) in [6.07, 6.45) is 4.07. The highest BCUT2D eigenvalue weighted by Crippen LogP contribution is 2.16. The van der Waals surface area contributed by atoms with Crippen LogP contribution >= 0.6 is 0 Å². The zero-order valence-electron chi connectivity index (χ0n) is 12.7. The lowest BCUT2D eigenvalue weighted by Gasteiger charge is -2.09. The Balaban J connectivity index is 1.73. The number of anilines is 1. The molecule has 23 heavy (non-hydrogen) atoms. The van der Waals surface area contributed by atoms with E-state index >= 15 is 0 Å². The summed E-state index contributed by atoms with van der Waals surface area (Å²) in [5, 5.41) is 3.42. The average molecular weight is 303 g/mol. The van der Waals surface area contributed by atoms with Crippen molar-refractivity contribution in [1.29, 1.82) is 0 Å². The molecule has 0 aliphatic rings. The third kappa shape index (κ3) is 4.30. The van der Waals surface area contributed by atoms with Gasteiger partial charge in [0, 0.05) is 12.2 Å². The Labute approximate surface area is 136 Å². The van der Waals surface area contributed by atoms with E-state index in [-0.39, 0.29) is 5.82 Å². The Morgan fingerprint density at radius 2 is 1.43 bits per heavy atom. The first-order chi connectivity index (χ1) is 11.3. The Kier molecular flexibility index (Phi) is 4.85. The van der Waals surface area contributed by atoms with E-state index in [0.717, 1.165) is 23.4 Å². The van der Waals surface area contributed by atoms with Gasteiger partial charge in [-0.25, -0.2) is 4.39 Å². The highest BCUT2D eigenvalue weighted by Gasteiger charge is 1.99. The second-order valence-electron chi connectivity index (χ2n) is 5.30. The molecule has 0 aromatic heterocycles. The summed E-state index contributed by atoms with van der Waals surface area (Å²) in [4.78, 5) is 0. The van der Waals surface area contributed by atoms with Crippen LogP contribution in [0.2, 0.25) is 0 Å². The fraction of sp³-hybridized carbons (Fsp3) is 0.0476. The molecule has 0 amide bonds. The number of rotatable bonds is 5. The molecule has 1 nitrogen and oxygen atoms in total. The molecule has 1 N–H and O–H groups in total. The number of nitrogens with one attached hydrogen (secondary N) is 1. The van der Waals surface area contributed by atoms with Crippen molar-refractivity contribution in [2.24, 2.45) is 0 Å². The maximum absolute atomic E-state index is 12.9. The fourth-order valence-corrected chi connectivity index (χ4v) is 2.37. The molecular formula is C21H18FN. The SMILES string of the molecule is Fc1ccc(/C=C/c2ccccc2CNc2ccccc2)cc1. The van der Waals surface area contributed by atoms with E-state index in [0.29, 0.717) is 0 Å². The Hall–Kier alpha value is -2.87. The van der Waals surface area contributed by atoms with Crippen LogP contribution in [0, 0.1) is 5.82 Å². The molecule has 0 fully saturated rings. The van der Waals surface area contributed by atoms with Crippen LogP contribution in [0.5, 0.6) is 0 Å². The molecule has 0 aliphatic carbocycles. The number of halogens is 1. The van der Waals surface area contributed by atoms with Crippen LogP contribution < -0.4 is 5.32 Å². The third-order valence-corrected chi connectivity index (χ3v) is 3.64. The van der Waals surface area contributed by atoms with Crippen LogP contribution in [0.4, 0.5) is 10.1 Å². The van der Waals surface area contributed by atoms with Gasteiger partial charge < -0.3 is 5.32 Å². The fourth-order valence-electron chi connectivity index (χ4n) is 2.37. The second-order valence-corrected chi connectivity index (χ2v) is 5.30. The van der Waals surface area contributed by atoms with Gasteiger partial charge in [-0.1, -0.05) is 66.7 Å². The van der Waals surface area contributed by atoms with Crippen molar-refractivity contribution < 1.29 is 4.39 Å². The largest absolute Gasteiger partial charge is 0.381 e. The van der Waals surface area contributed by atoms with Gasteiger partial charge in [0.1, 0.15) is 5.82 Å². The van der Waals surface area contributed by atoms with Gasteiger partial charge in [-0.3, -0.25) is 0 Å². The minimum Gasteiger partial charge on any atom is -0.381 e. The highest BCUT2D eigenvalue weighted by molar-refractivity contribution is 5.71. The molecule has 3 aromatic rings. The lowest BCUT2D eigenvalue weighted by molar-refractivity contribution is 0.628. The van der Waals surface area contributed by atoms with Gasteiger partial charge in [-0.2, -0.15) is 0 Å². The molecule has 2 heteroatoms. The van der Waals surface area contributed by atoms with E-state index in [9.17, 15) is 4.39 Å². The molecule has 0 atom stereocenters.